The first kappa shape index (κ1) is 18.0. The predicted octanol–water partition coefficient (Wildman–Crippen LogP) is 7.85. The van der Waals surface area contributed by atoms with E-state index in [2.05, 4.69) is 75.4 Å². The molecule has 0 N–H and O–H groups in total. The lowest BCUT2D eigenvalue weighted by Gasteiger charge is -2.28. The van der Waals surface area contributed by atoms with Gasteiger partial charge in [-0.3, -0.25) is 0 Å². The molecule has 0 saturated heterocycles. The van der Waals surface area contributed by atoms with E-state index in [0.29, 0.717) is 0 Å². The molecule has 0 aromatic heterocycles. The molecule has 0 spiro atoms. The fourth-order valence-electron chi connectivity index (χ4n) is 4.25. The van der Waals surface area contributed by atoms with Crippen LogP contribution in [-0.2, 0) is 0 Å². The first-order valence-electron chi connectivity index (χ1n) is 10.0. The van der Waals surface area contributed by atoms with Crippen molar-refractivity contribution in [1.29, 1.82) is 0 Å². The highest BCUT2D eigenvalue weighted by Gasteiger charge is 2.21. The number of benzene rings is 2. The molecule has 132 valence electrons. The van der Waals surface area contributed by atoms with Crippen molar-refractivity contribution in [1.82, 2.24) is 0 Å². The topological polar surface area (TPSA) is 0 Å². The van der Waals surface area contributed by atoms with E-state index in [-0.39, 0.29) is 0 Å². The Morgan fingerprint density at radius 3 is 1.92 bits per heavy atom. The van der Waals surface area contributed by atoms with Gasteiger partial charge in [-0.2, -0.15) is 0 Å². The fraction of sp³-hybridized carbons (Fsp3) is 0.440. The van der Waals surface area contributed by atoms with Gasteiger partial charge < -0.3 is 0 Å². The molecule has 0 heterocycles. The van der Waals surface area contributed by atoms with E-state index in [1.807, 2.05) is 0 Å². The Kier molecular flexibility index (Phi) is 6.13. The van der Waals surface area contributed by atoms with Crippen molar-refractivity contribution in [3.63, 3.8) is 0 Å². The van der Waals surface area contributed by atoms with Crippen molar-refractivity contribution in [3.05, 3.63) is 65.2 Å². The van der Waals surface area contributed by atoms with Crippen molar-refractivity contribution in [3.8, 4) is 11.1 Å². The average molecular weight is 333 g/mol. The summed E-state index contributed by atoms with van der Waals surface area (Å²) in [4.78, 5) is 0. The molecule has 0 bridgehead atoms. The van der Waals surface area contributed by atoms with Crippen LogP contribution in [-0.4, -0.2) is 0 Å². The molecule has 25 heavy (non-hydrogen) atoms. The van der Waals surface area contributed by atoms with Crippen LogP contribution in [0.15, 0.2) is 54.1 Å². The van der Waals surface area contributed by atoms with Gasteiger partial charge in [0, 0.05) is 0 Å². The third-order valence-corrected chi connectivity index (χ3v) is 5.63. The molecule has 1 aliphatic carbocycles. The molecule has 3 rings (SSSR count). The number of rotatable bonds is 5. The Balaban J connectivity index is 1.65. The minimum Gasteiger partial charge on any atom is -0.0758 e. The van der Waals surface area contributed by atoms with Crippen LogP contribution in [0.3, 0.4) is 0 Å². The zero-order chi connectivity index (χ0) is 17.6. The maximum atomic E-state index is 2.37. The lowest BCUT2D eigenvalue weighted by molar-refractivity contribution is 0.308. The molecular weight excluding hydrogens is 300 g/mol. The molecule has 1 aliphatic rings. The van der Waals surface area contributed by atoms with E-state index in [4.69, 9.17) is 0 Å². The van der Waals surface area contributed by atoms with Crippen molar-refractivity contribution in [2.24, 2.45) is 5.92 Å². The quantitative estimate of drug-likeness (QED) is 0.523. The van der Waals surface area contributed by atoms with Gasteiger partial charge in [0.1, 0.15) is 0 Å². The summed E-state index contributed by atoms with van der Waals surface area (Å²) in [5.74, 6) is 1.77. The zero-order valence-corrected chi connectivity index (χ0v) is 16.1. The first-order valence-corrected chi connectivity index (χ1v) is 10.0. The van der Waals surface area contributed by atoms with Gasteiger partial charge in [-0.1, -0.05) is 79.9 Å². The maximum Gasteiger partial charge on any atom is -0.0162 e. The van der Waals surface area contributed by atoms with E-state index < -0.39 is 0 Å². The molecule has 0 atom stereocenters. The Morgan fingerprint density at radius 1 is 0.840 bits per heavy atom. The Morgan fingerprint density at radius 2 is 1.40 bits per heavy atom. The van der Waals surface area contributed by atoms with Crippen molar-refractivity contribution < 1.29 is 0 Å². The summed E-state index contributed by atoms with van der Waals surface area (Å²) < 4.78 is 0. The second-order valence-electron chi connectivity index (χ2n) is 7.97. The molecule has 0 radical (unpaired) electrons. The van der Waals surface area contributed by atoms with Gasteiger partial charge in [0.05, 0.1) is 0 Å². The number of hydrogen-bond donors (Lipinski definition) is 0. The maximum absolute atomic E-state index is 2.37. The van der Waals surface area contributed by atoms with Crippen LogP contribution in [0.1, 0.15) is 76.3 Å². The number of allylic oxidation sites excluding steroid dienone is 1. The van der Waals surface area contributed by atoms with E-state index in [0.717, 1.165) is 11.8 Å². The predicted molar refractivity (Wildman–Crippen MR) is 111 cm³/mol. The summed E-state index contributed by atoms with van der Waals surface area (Å²) in [7, 11) is 0. The molecule has 0 heteroatoms. The Bertz CT molecular complexity index is 676. The van der Waals surface area contributed by atoms with Crippen LogP contribution in [0.4, 0.5) is 0 Å². The minimum atomic E-state index is 0.780. The molecule has 0 unspecified atom stereocenters. The summed E-state index contributed by atoms with van der Waals surface area (Å²) in [6.45, 7) is 6.60. The highest BCUT2D eigenvalue weighted by molar-refractivity contribution is 5.66. The summed E-state index contributed by atoms with van der Waals surface area (Å²) in [6, 6.07) is 18.2. The molecular formula is C25H32. The zero-order valence-electron chi connectivity index (χ0n) is 16.1. The minimum absolute atomic E-state index is 0.780. The standard InChI is InChI=1S/C25H32/c1-4-5-20-6-10-22(11-7-20)24-14-16-25(17-15-24)23-12-8-21(9-13-23)18-19(2)3/h8-9,12-18,20,22H,4-7,10-11H2,1-3H3. The van der Waals surface area contributed by atoms with Crippen LogP contribution in [0.2, 0.25) is 0 Å². The van der Waals surface area contributed by atoms with Crippen LogP contribution < -0.4 is 0 Å². The summed E-state index contributed by atoms with van der Waals surface area (Å²) >= 11 is 0. The molecule has 1 saturated carbocycles. The Hall–Kier alpha value is -1.82. The highest BCUT2D eigenvalue weighted by atomic mass is 14.3. The first-order chi connectivity index (χ1) is 12.2. The van der Waals surface area contributed by atoms with E-state index >= 15 is 0 Å². The van der Waals surface area contributed by atoms with Crippen molar-refractivity contribution >= 4 is 6.08 Å². The third kappa shape index (κ3) is 4.84. The van der Waals surface area contributed by atoms with Crippen molar-refractivity contribution in [2.75, 3.05) is 0 Å². The lowest BCUT2D eigenvalue weighted by atomic mass is 9.77. The Labute approximate surface area is 154 Å². The number of hydrogen-bond acceptors (Lipinski definition) is 0. The largest absolute Gasteiger partial charge is 0.0758 e. The van der Waals surface area contributed by atoms with E-state index in [1.54, 1.807) is 5.56 Å². The summed E-state index contributed by atoms with van der Waals surface area (Å²) in [5, 5.41) is 0. The summed E-state index contributed by atoms with van der Waals surface area (Å²) in [5.41, 5.74) is 6.80. The van der Waals surface area contributed by atoms with Gasteiger partial charge in [-0.15, -0.1) is 0 Å². The van der Waals surface area contributed by atoms with Gasteiger partial charge in [-0.25, -0.2) is 0 Å². The van der Waals surface area contributed by atoms with Gasteiger partial charge in [0.2, 0.25) is 0 Å². The monoisotopic (exact) mass is 332 g/mol. The molecule has 0 nitrogen and oxygen atoms in total. The van der Waals surface area contributed by atoms with Gasteiger partial charge >= 0.3 is 0 Å². The van der Waals surface area contributed by atoms with Crippen LogP contribution in [0.25, 0.3) is 17.2 Å². The SMILES string of the molecule is CCCC1CCC(c2ccc(-c3ccc(C=C(C)C)cc3)cc2)CC1. The average Bonchev–Trinajstić information content (AvgIpc) is 2.63. The molecule has 0 aliphatic heterocycles. The van der Waals surface area contributed by atoms with Crippen LogP contribution >= 0.6 is 0 Å². The van der Waals surface area contributed by atoms with E-state index in [9.17, 15) is 0 Å². The summed E-state index contributed by atoms with van der Waals surface area (Å²) in [6.07, 6.45) is 10.6. The molecule has 2 aromatic rings. The van der Waals surface area contributed by atoms with E-state index in [1.165, 1.54) is 60.8 Å². The van der Waals surface area contributed by atoms with Crippen molar-refractivity contribution in [2.45, 2.75) is 65.2 Å². The molecule has 0 amide bonds. The fourth-order valence-corrected chi connectivity index (χ4v) is 4.25. The highest BCUT2D eigenvalue weighted by Crippen LogP contribution is 2.38. The van der Waals surface area contributed by atoms with Crippen LogP contribution in [0, 0.1) is 5.92 Å². The second-order valence-corrected chi connectivity index (χ2v) is 7.97. The second kappa shape index (κ2) is 8.52. The van der Waals surface area contributed by atoms with Gasteiger partial charge in [0.25, 0.3) is 0 Å². The van der Waals surface area contributed by atoms with Gasteiger partial charge in [0.15, 0.2) is 0 Å². The smallest absolute Gasteiger partial charge is 0.0162 e. The lowest BCUT2D eigenvalue weighted by Crippen LogP contribution is -2.13. The third-order valence-electron chi connectivity index (χ3n) is 5.63. The molecule has 1 fully saturated rings. The molecule has 2 aromatic carbocycles. The normalized spacial score (nSPS) is 20.3. The van der Waals surface area contributed by atoms with Crippen LogP contribution in [0.5, 0.6) is 0 Å². The van der Waals surface area contributed by atoms with Gasteiger partial charge in [-0.05, 0) is 73.6 Å².